The lowest BCUT2D eigenvalue weighted by Crippen LogP contribution is -2.42. The largest absolute Gasteiger partial charge is 0.465 e. The summed E-state index contributed by atoms with van der Waals surface area (Å²) in [5.41, 5.74) is 2.10. The Morgan fingerprint density at radius 2 is 2.22 bits per heavy atom. The van der Waals surface area contributed by atoms with E-state index in [1.807, 2.05) is 13.0 Å². The van der Waals surface area contributed by atoms with E-state index in [4.69, 9.17) is 4.74 Å². The Balaban J connectivity index is 2.11. The van der Waals surface area contributed by atoms with Gasteiger partial charge in [0.1, 0.15) is 0 Å². The normalized spacial score (nSPS) is 28.6. The molecule has 0 aliphatic heterocycles. The highest BCUT2D eigenvalue weighted by atomic mass is 16.5. The number of carbonyl (C=O) groups excluding carboxylic acids is 1. The zero-order chi connectivity index (χ0) is 12.6. The van der Waals surface area contributed by atoms with Gasteiger partial charge in [0.05, 0.1) is 12.0 Å². The molecule has 18 heavy (non-hydrogen) atoms. The van der Waals surface area contributed by atoms with Gasteiger partial charge in [0.2, 0.25) is 0 Å². The van der Waals surface area contributed by atoms with Crippen molar-refractivity contribution in [2.45, 2.75) is 31.6 Å². The number of hydrogen-bond acceptors (Lipinski definition) is 2. The SMILES string of the molecule is CCOC(=O)[C@]12CC=CC[C@H]1Cc1ccccc12. The zero-order valence-corrected chi connectivity index (χ0v) is 10.7. The highest BCUT2D eigenvalue weighted by Gasteiger charge is 2.53. The molecule has 3 rings (SSSR count). The Kier molecular flexibility index (Phi) is 2.73. The summed E-state index contributed by atoms with van der Waals surface area (Å²) < 4.78 is 5.37. The molecule has 2 aliphatic carbocycles. The van der Waals surface area contributed by atoms with Crippen molar-refractivity contribution < 1.29 is 9.53 Å². The molecule has 0 saturated carbocycles. The maximum absolute atomic E-state index is 12.5. The number of rotatable bonds is 2. The minimum Gasteiger partial charge on any atom is -0.465 e. The van der Waals surface area contributed by atoms with Gasteiger partial charge < -0.3 is 4.74 Å². The average molecular weight is 242 g/mol. The fourth-order valence-electron chi connectivity index (χ4n) is 3.50. The molecule has 94 valence electrons. The molecule has 2 heteroatoms. The average Bonchev–Trinajstić information content (AvgIpc) is 2.74. The second-order valence-electron chi connectivity index (χ2n) is 5.16. The van der Waals surface area contributed by atoms with Crippen LogP contribution in [0.3, 0.4) is 0 Å². The van der Waals surface area contributed by atoms with Gasteiger partial charge in [-0.05, 0) is 43.2 Å². The lowest BCUT2D eigenvalue weighted by atomic mass is 9.68. The fourth-order valence-corrected chi connectivity index (χ4v) is 3.50. The molecule has 0 spiro atoms. The van der Waals surface area contributed by atoms with Crippen LogP contribution in [0, 0.1) is 5.92 Å². The molecule has 0 N–H and O–H groups in total. The van der Waals surface area contributed by atoms with Gasteiger partial charge in [-0.3, -0.25) is 4.79 Å². The van der Waals surface area contributed by atoms with Gasteiger partial charge in [-0.15, -0.1) is 0 Å². The molecule has 0 radical (unpaired) electrons. The molecule has 0 unspecified atom stereocenters. The minimum atomic E-state index is -0.415. The second kappa shape index (κ2) is 4.27. The van der Waals surface area contributed by atoms with Crippen molar-refractivity contribution in [3.8, 4) is 0 Å². The van der Waals surface area contributed by atoms with Crippen LogP contribution in [0.2, 0.25) is 0 Å². The van der Waals surface area contributed by atoms with Gasteiger partial charge in [-0.25, -0.2) is 0 Å². The molecule has 0 aromatic heterocycles. The number of benzene rings is 1. The first-order valence-electron chi connectivity index (χ1n) is 6.69. The molecule has 0 bridgehead atoms. The third kappa shape index (κ3) is 1.45. The van der Waals surface area contributed by atoms with E-state index in [0.717, 1.165) is 19.3 Å². The van der Waals surface area contributed by atoms with E-state index in [-0.39, 0.29) is 5.97 Å². The molecule has 1 aromatic carbocycles. The molecular formula is C16H18O2. The predicted octanol–water partition coefficient (Wildman–Crippen LogP) is 3.01. The van der Waals surface area contributed by atoms with Gasteiger partial charge in [0.25, 0.3) is 0 Å². The number of carbonyl (C=O) groups is 1. The van der Waals surface area contributed by atoms with Crippen molar-refractivity contribution in [1.29, 1.82) is 0 Å². The van der Waals surface area contributed by atoms with Crippen molar-refractivity contribution in [1.82, 2.24) is 0 Å². The Morgan fingerprint density at radius 1 is 1.39 bits per heavy atom. The first-order chi connectivity index (χ1) is 8.79. The van der Waals surface area contributed by atoms with Crippen LogP contribution in [-0.4, -0.2) is 12.6 Å². The summed E-state index contributed by atoms with van der Waals surface area (Å²) >= 11 is 0. The summed E-state index contributed by atoms with van der Waals surface area (Å²) in [7, 11) is 0. The molecule has 2 aliphatic rings. The van der Waals surface area contributed by atoms with Crippen LogP contribution in [0.25, 0.3) is 0 Å². The van der Waals surface area contributed by atoms with Crippen molar-refractivity contribution in [3.63, 3.8) is 0 Å². The van der Waals surface area contributed by atoms with E-state index >= 15 is 0 Å². The number of ether oxygens (including phenoxy) is 1. The first-order valence-corrected chi connectivity index (χ1v) is 6.69. The number of allylic oxidation sites excluding steroid dienone is 2. The van der Waals surface area contributed by atoms with E-state index < -0.39 is 5.41 Å². The quantitative estimate of drug-likeness (QED) is 0.588. The number of esters is 1. The van der Waals surface area contributed by atoms with Crippen LogP contribution in [0.15, 0.2) is 36.4 Å². The second-order valence-corrected chi connectivity index (χ2v) is 5.16. The molecular weight excluding hydrogens is 224 g/mol. The van der Waals surface area contributed by atoms with Crippen LogP contribution >= 0.6 is 0 Å². The molecule has 0 saturated heterocycles. The molecule has 0 fully saturated rings. The highest BCUT2D eigenvalue weighted by Crippen LogP contribution is 2.50. The Morgan fingerprint density at radius 3 is 3.06 bits per heavy atom. The Bertz CT molecular complexity index is 504. The third-order valence-corrected chi connectivity index (χ3v) is 4.33. The van der Waals surface area contributed by atoms with Crippen LogP contribution in [0.5, 0.6) is 0 Å². The summed E-state index contributed by atoms with van der Waals surface area (Å²) in [5.74, 6) is 0.336. The minimum absolute atomic E-state index is 0.0377. The molecule has 0 heterocycles. The van der Waals surface area contributed by atoms with Crippen LogP contribution in [-0.2, 0) is 21.4 Å². The standard InChI is InChI=1S/C16H18O2/c1-2-18-15(17)16-10-6-5-8-13(16)11-12-7-3-4-9-14(12)16/h3-7,9,13H,2,8,10-11H2,1H3/t13-,16+/m0/s1. The number of fused-ring (bicyclic) bond motifs is 3. The summed E-state index contributed by atoms with van der Waals surface area (Å²) in [6.07, 6.45) is 7.10. The van der Waals surface area contributed by atoms with Crippen molar-refractivity contribution in [2.24, 2.45) is 5.92 Å². The smallest absolute Gasteiger partial charge is 0.317 e. The van der Waals surface area contributed by atoms with Gasteiger partial charge in [-0.1, -0.05) is 36.4 Å². The molecule has 2 nitrogen and oxygen atoms in total. The number of hydrogen-bond donors (Lipinski definition) is 0. The van der Waals surface area contributed by atoms with Crippen molar-refractivity contribution >= 4 is 5.97 Å². The Hall–Kier alpha value is -1.57. The summed E-state index contributed by atoms with van der Waals surface area (Å²) in [5, 5.41) is 0. The van der Waals surface area contributed by atoms with Crippen molar-refractivity contribution in [3.05, 3.63) is 47.5 Å². The van der Waals surface area contributed by atoms with E-state index in [0.29, 0.717) is 12.5 Å². The lowest BCUT2D eigenvalue weighted by Gasteiger charge is -2.35. The molecule has 2 atom stereocenters. The lowest BCUT2D eigenvalue weighted by molar-refractivity contribution is -0.152. The summed E-state index contributed by atoms with van der Waals surface area (Å²) in [4.78, 5) is 12.5. The van der Waals surface area contributed by atoms with E-state index in [9.17, 15) is 4.79 Å². The van der Waals surface area contributed by atoms with Gasteiger partial charge in [-0.2, -0.15) is 0 Å². The van der Waals surface area contributed by atoms with Gasteiger partial charge in [0.15, 0.2) is 0 Å². The summed E-state index contributed by atoms with van der Waals surface area (Å²) in [6.45, 7) is 2.34. The van der Waals surface area contributed by atoms with Crippen LogP contribution in [0.1, 0.15) is 30.9 Å². The van der Waals surface area contributed by atoms with E-state index in [1.54, 1.807) is 0 Å². The van der Waals surface area contributed by atoms with Crippen LogP contribution < -0.4 is 0 Å². The zero-order valence-electron chi connectivity index (χ0n) is 10.7. The monoisotopic (exact) mass is 242 g/mol. The predicted molar refractivity (Wildman–Crippen MR) is 70.3 cm³/mol. The molecule has 1 aromatic rings. The van der Waals surface area contributed by atoms with Crippen molar-refractivity contribution in [2.75, 3.05) is 6.61 Å². The van der Waals surface area contributed by atoms with E-state index in [2.05, 4.69) is 30.4 Å². The third-order valence-electron chi connectivity index (χ3n) is 4.33. The fraction of sp³-hybridized carbons (Fsp3) is 0.438. The summed E-state index contributed by atoms with van der Waals surface area (Å²) in [6, 6.07) is 8.34. The van der Waals surface area contributed by atoms with E-state index in [1.165, 1.54) is 11.1 Å². The first kappa shape index (κ1) is 11.5. The highest BCUT2D eigenvalue weighted by molar-refractivity contribution is 5.86. The molecule has 0 amide bonds. The van der Waals surface area contributed by atoms with Gasteiger partial charge >= 0.3 is 5.97 Å². The Labute approximate surface area is 108 Å². The topological polar surface area (TPSA) is 26.3 Å². The van der Waals surface area contributed by atoms with Crippen LogP contribution in [0.4, 0.5) is 0 Å². The maximum Gasteiger partial charge on any atom is 0.317 e. The maximum atomic E-state index is 12.5. The van der Waals surface area contributed by atoms with Gasteiger partial charge in [0, 0.05) is 0 Å².